The van der Waals surface area contributed by atoms with Crippen molar-refractivity contribution in [1.82, 2.24) is 25.1 Å². The first-order valence-corrected chi connectivity index (χ1v) is 10.3. The molecule has 0 spiro atoms. The largest absolute Gasteiger partial charge is 0.361 e. The molecule has 8 heteroatoms. The predicted octanol–water partition coefficient (Wildman–Crippen LogP) is 2.99. The van der Waals surface area contributed by atoms with Crippen molar-refractivity contribution in [3.8, 4) is 0 Å². The molecule has 8 nitrogen and oxygen atoms in total. The number of nitrogens with zero attached hydrogens (tertiary/aromatic N) is 5. The zero-order valence-electron chi connectivity index (χ0n) is 17.0. The number of carbonyl (C=O) groups is 1. The second-order valence-corrected chi connectivity index (χ2v) is 7.55. The molecule has 1 aliphatic rings. The molecule has 0 aliphatic carbocycles. The van der Waals surface area contributed by atoms with Crippen LogP contribution in [0.15, 0.2) is 67.1 Å². The minimum atomic E-state index is 0.159. The first-order chi connectivity index (χ1) is 15.3. The quantitative estimate of drug-likeness (QED) is 0.523. The van der Waals surface area contributed by atoms with E-state index in [4.69, 9.17) is 0 Å². The van der Waals surface area contributed by atoms with Gasteiger partial charge in [-0.1, -0.05) is 18.2 Å². The SMILES string of the molecule is O=C(Cc1c[nH]c2ccccc12)N1CCN(c2ccc(Nc3cccnc3)nn2)CC1. The second-order valence-electron chi connectivity index (χ2n) is 7.55. The maximum absolute atomic E-state index is 12.8. The number of hydrogen-bond acceptors (Lipinski definition) is 6. The summed E-state index contributed by atoms with van der Waals surface area (Å²) in [4.78, 5) is 24.2. The Bertz CT molecular complexity index is 1170. The highest BCUT2D eigenvalue weighted by molar-refractivity contribution is 5.89. The summed E-state index contributed by atoms with van der Waals surface area (Å²) in [6.07, 6.45) is 5.82. The number of aromatic nitrogens is 4. The summed E-state index contributed by atoms with van der Waals surface area (Å²) in [6, 6.07) is 15.7. The number of benzene rings is 1. The zero-order valence-corrected chi connectivity index (χ0v) is 17.0. The fourth-order valence-electron chi connectivity index (χ4n) is 3.88. The van der Waals surface area contributed by atoms with Gasteiger partial charge in [-0.05, 0) is 35.9 Å². The summed E-state index contributed by atoms with van der Waals surface area (Å²) in [7, 11) is 0. The van der Waals surface area contributed by atoms with E-state index in [1.54, 1.807) is 12.4 Å². The first kappa shape index (κ1) is 19.0. The normalized spacial score (nSPS) is 14.1. The molecule has 4 heterocycles. The number of nitrogens with one attached hydrogen (secondary N) is 2. The summed E-state index contributed by atoms with van der Waals surface area (Å²) in [6.45, 7) is 2.84. The summed E-state index contributed by atoms with van der Waals surface area (Å²) in [5, 5.41) is 12.9. The number of anilines is 3. The van der Waals surface area contributed by atoms with E-state index in [0.717, 1.165) is 41.1 Å². The molecule has 0 saturated carbocycles. The van der Waals surface area contributed by atoms with Crippen molar-refractivity contribution in [3.05, 3.63) is 72.7 Å². The Morgan fingerprint density at radius 3 is 2.65 bits per heavy atom. The standard InChI is InChI=1S/C23H23N7O/c31-23(14-17-15-25-20-6-2-1-5-19(17)20)30-12-10-29(11-13-30)22-8-7-21(27-28-22)26-18-4-3-9-24-16-18/h1-9,15-16,25H,10-14H2,(H,26,27). The van der Waals surface area contributed by atoms with Gasteiger partial charge in [-0.15, -0.1) is 10.2 Å². The van der Waals surface area contributed by atoms with E-state index >= 15 is 0 Å². The fraction of sp³-hybridized carbons (Fsp3) is 0.217. The van der Waals surface area contributed by atoms with Crippen LogP contribution in [0.5, 0.6) is 0 Å². The van der Waals surface area contributed by atoms with Crippen LogP contribution < -0.4 is 10.2 Å². The van der Waals surface area contributed by atoms with Crippen molar-refractivity contribution >= 4 is 34.1 Å². The number of carbonyl (C=O) groups excluding carboxylic acids is 1. The molecule has 31 heavy (non-hydrogen) atoms. The van der Waals surface area contributed by atoms with E-state index in [1.165, 1.54) is 0 Å². The smallest absolute Gasteiger partial charge is 0.227 e. The molecule has 1 aromatic carbocycles. The van der Waals surface area contributed by atoms with E-state index in [-0.39, 0.29) is 5.91 Å². The molecule has 156 valence electrons. The van der Waals surface area contributed by atoms with Crippen LogP contribution in [0.25, 0.3) is 10.9 Å². The van der Waals surface area contributed by atoms with Crippen LogP contribution in [0.3, 0.4) is 0 Å². The maximum Gasteiger partial charge on any atom is 0.227 e. The molecule has 1 aliphatic heterocycles. The van der Waals surface area contributed by atoms with Crippen molar-refractivity contribution in [3.63, 3.8) is 0 Å². The van der Waals surface area contributed by atoms with Gasteiger partial charge in [0.2, 0.25) is 5.91 Å². The number of rotatable bonds is 5. The lowest BCUT2D eigenvalue weighted by molar-refractivity contribution is -0.130. The molecule has 1 fully saturated rings. The van der Waals surface area contributed by atoms with Crippen molar-refractivity contribution in [2.75, 3.05) is 36.4 Å². The van der Waals surface area contributed by atoms with Gasteiger partial charge in [-0.2, -0.15) is 0 Å². The molecule has 1 amide bonds. The van der Waals surface area contributed by atoms with E-state index in [0.29, 0.717) is 25.3 Å². The second kappa shape index (κ2) is 8.43. The molecule has 3 aromatic heterocycles. The lowest BCUT2D eigenvalue weighted by Gasteiger charge is -2.35. The first-order valence-electron chi connectivity index (χ1n) is 10.3. The topological polar surface area (TPSA) is 90.0 Å². The minimum absolute atomic E-state index is 0.159. The molecule has 2 N–H and O–H groups in total. The maximum atomic E-state index is 12.8. The Balaban J connectivity index is 1.17. The third kappa shape index (κ3) is 4.18. The highest BCUT2D eigenvalue weighted by atomic mass is 16.2. The van der Waals surface area contributed by atoms with Crippen molar-refractivity contribution in [1.29, 1.82) is 0 Å². The Labute approximate surface area is 179 Å². The van der Waals surface area contributed by atoms with Crippen LogP contribution in [0.1, 0.15) is 5.56 Å². The van der Waals surface area contributed by atoms with Crippen LogP contribution in [-0.4, -0.2) is 57.2 Å². The molecule has 0 radical (unpaired) electrons. The van der Waals surface area contributed by atoms with Gasteiger partial charge in [0.05, 0.1) is 18.3 Å². The van der Waals surface area contributed by atoms with E-state index in [9.17, 15) is 4.79 Å². The summed E-state index contributed by atoms with van der Waals surface area (Å²) in [5.41, 5.74) is 2.98. The number of hydrogen-bond donors (Lipinski definition) is 2. The number of fused-ring (bicyclic) bond motifs is 1. The lowest BCUT2D eigenvalue weighted by Crippen LogP contribution is -2.49. The van der Waals surface area contributed by atoms with E-state index < -0.39 is 0 Å². The van der Waals surface area contributed by atoms with Gasteiger partial charge in [-0.25, -0.2) is 0 Å². The summed E-state index contributed by atoms with van der Waals surface area (Å²) in [5.74, 6) is 1.65. The Morgan fingerprint density at radius 1 is 1.00 bits per heavy atom. The minimum Gasteiger partial charge on any atom is -0.361 e. The van der Waals surface area contributed by atoms with E-state index in [1.807, 2.05) is 53.6 Å². The molecule has 5 rings (SSSR count). The van der Waals surface area contributed by atoms with Gasteiger partial charge in [0.25, 0.3) is 0 Å². The van der Waals surface area contributed by atoms with Gasteiger partial charge in [0.1, 0.15) is 0 Å². The molecule has 1 saturated heterocycles. The summed E-state index contributed by atoms with van der Waals surface area (Å²) >= 11 is 0. The van der Waals surface area contributed by atoms with E-state index in [2.05, 4.69) is 36.4 Å². The van der Waals surface area contributed by atoms with Crippen molar-refractivity contribution in [2.45, 2.75) is 6.42 Å². The number of piperazine rings is 1. The number of para-hydroxylation sites is 1. The molecule has 0 bridgehead atoms. The van der Waals surface area contributed by atoms with Gasteiger partial charge >= 0.3 is 0 Å². The third-order valence-electron chi connectivity index (χ3n) is 5.56. The molecular weight excluding hydrogens is 390 g/mol. The highest BCUT2D eigenvalue weighted by Crippen LogP contribution is 2.20. The van der Waals surface area contributed by atoms with Crippen LogP contribution in [-0.2, 0) is 11.2 Å². The number of pyridine rings is 1. The Hall–Kier alpha value is -3.94. The molecule has 0 unspecified atom stereocenters. The van der Waals surface area contributed by atoms with Crippen LogP contribution in [0.2, 0.25) is 0 Å². The Kier molecular flexibility index (Phi) is 5.18. The van der Waals surface area contributed by atoms with Crippen molar-refractivity contribution < 1.29 is 4.79 Å². The van der Waals surface area contributed by atoms with Gasteiger partial charge in [0.15, 0.2) is 11.6 Å². The zero-order chi connectivity index (χ0) is 21.0. The van der Waals surface area contributed by atoms with Gasteiger partial charge in [-0.3, -0.25) is 9.78 Å². The van der Waals surface area contributed by atoms with Gasteiger partial charge < -0.3 is 20.1 Å². The average Bonchev–Trinajstić information content (AvgIpc) is 3.23. The van der Waals surface area contributed by atoms with Gasteiger partial charge in [0, 0.05) is 49.5 Å². The number of H-pyrrole nitrogens is 1. The molecule has 4 aromatic rings. The monoisotopic (exact) mass is 413 g/mol. The third-order valence-corrected chi connectivity index (χ3v) is 5.56. The lowest BCUT2D eigenvalue weighted by atomic mass is 10.1. The highest BCUT2D eigenvalue weighted by Gasteiger charge is 2.23. The predicted molar refractivity (Wildman–Crippen MR) is 120 cm³/mol. The van der Waals surface area contributed by atoms with Crippen LogP contribution >= 0.6 is 0 Å². The van der Waals surface area contributed by atoms with Crippen LogP contribution in [0.4, 0.5) is 17.3 Å². The van der Waals surface area contributed by atoms with Crippen LogP contribution in [0, 0.1) is 0 Å². The summed E-state index contributed by atoms with van der Waals surface area (Å²) < 4.78 is 0. The van der Waals surface area contributed by atoms with Crippen molar-refractivity contribution in [2.24, 2.45) is 0 Å². The number of amides is 1. The number of aromatic amines is 1. The molecular formula is C23H23N7O. The Morgan fingerprint density at radius 2 is 1.87 bits per heavy atom. The molecule has 0 atom stereocenters. The average molecular weight is 413 g/mol. The fourth-order valence-corrected chi connectivity index (χ4v) is 3.88.